The number of nitrogens with zero attached hydrogens (tertiary/aromatic N) is 4. The third kappa shape index (κ3) is 2.06. The molecule has 0 amide bonds. The lowest BCUT2D eigenvalue weighted by molar-refractivity contribution is -0.384. The second-order valence-electron chi connectivity index (χ2n) is 5.31. The van der Waals surface area contributed by atoms with Gasteiger partial charge in [0.25, 0.3) is 5.69 Å². The minimum Gasteiger partial charge on any atom is -0.370 e. The number of nitrogens with one attached hydrogen (secondary N) is 1. The standard InChI is InChI=1S/C17H13N5O2/c1-18-16-17-19-10-15(11-5-4-6-12(9-11)22(23)24)21(17)14-8-3-2-7-13(14)20-16/h2-10H,1H3,(H,18,20). The first-order chi connectivity index (χ1) is 11.7. The molecule has 0 aliphatic carbocycles. The molecule has 2 aromatic carbocycles. The number of para-hydroxylation sites is 2. The van der Waals surface area contributed by atoms with Gasteiger partial charge in [-0.05, 0) is 12.1 Å². The number of nitro groups is 1. The van der Waals surface area contributed by atoms with Gasteiger partial charge in [0.05, 0.1) is 27.8 Å². The molecule has 0 atom stereocenters. The number of fused-ring (bicyclic) bond motifs is 3. The van der Waals surface area contributed by atoms with Gasteiger partial charge >= 0.3 is 0 Å². The van der Waals surface area contributed by atoms with Crippen molar-refractivity contribution >= 4 is 28.2 Å². The van der Waals surface area contributed by atoms with E-state index in [1.165, 1.54) is 6.07 Å². The normalized spacial score (nSPS) is 11.0. The van der Waals surface area contributed by atoms with Crippen LogP contribution in [0.4, 0.5) is 11.5 Å². The van der Waals surface area contributed by atoms with Crippen LogP contribution >= 0.6 is 0 Å². The third-order valence-corrected chi connectivity index (χ3v) is 3.92. The Labute approximate surface area is 136 Å². The number of non-ortho nitro benzene ring substituents is 1. The number of aromatic nitrogens is 3. The van der Waals surface area contributed by atoms with E-state index in [2.05, 4.69) is 15.3 Å². The van der Waals surface area contributed by atoms with E-state index >= 15 is 0 Å². The Morgan fingerprint density at radius 1 is 1.17 bits per heavy atom. The number of anilines is 1. The molecule has 2 heterocycles. The first kappa shape index (κ1) is 14.1. The minimum absolute atomic E-state index is 0.0506. The Kier molecular flexibility index (Phi) is 3.13. The van der Waals surface area contributed by atoms with Crippen LogP contribution in [0.15, 0.2) is 54.7 Å². The van der Waals surface area contributed by atoms with Crippen molar-refractivity contribution in [2.75, 3.05) is 12.4 Å². The summed E-state index contributed by atoms with van der Waals surface area (Å²) in [6.07, 6.45) is 1.71. The summed E-state index contributed by atoms with van der Waals surface area (Å²) in [5.41, 5.74) is 3.95. The van der Waals surface area contributed by atoms with E-state index in [1.54, 1.807) is 25.4 Å². The summed E-state index contributed by atoms with van der Waals surface area (Å²) in [5.74, 6) is 0.658. The van der Waals surface area contributed by atoms with Crippen LogP contribution in [0.25, 0.3) is 27.9 Å². The fraction of sp³-hybridized carbons (Fsp3) is 0.0588. The number of hydrogen-bond donors (Lipinski definition) is 1. The molecular formula is C17H13N5O2. The van der Waals surface area contributed by atoms with Crippen molar-refractivity contribution in [2.45, 2.75) is 0 Å². The molecule has 24 heavy (non-hydrogen) atoms. The largest absolute Gasteiger partial charge is 0.370 e. The van der Waals surface area contributed by atoms with Crippen LogP contribution in [0.2, 0.25) is 0 Å². The molecule has 0 radical (unpaired) electrons. The second-order valence-corrected chi connectivity index (χ2v) is 5.31. The fourth-order valence-electron chi connectivity index (χ4n) is 2.83. The van der Waals surface area contributed by atoms with Gasteiger partial charge in [0, 0.05) is 24.7 Å². The Morgan fingerprint density at radius 3 is 2.79 bits per heavy atom. The minimum atomic E-state index is -0.397. The molecule has 0 saturated heterocycles. The highest BCUT2D eigenvalue weighted by Crippen LogP contribution is 2.29. The monoisotopic (exact) mass is 319 g/mol. The van der Waals surface area contributed by atoms with Gasteiger partial charge in [-0.1, -0.05) is 24.3 Å². The summed E-state index contributed by atoms with van der Waals surface area (Å²) < 4.78 is 1.97. The van der Waals surface area contributed by atoms with Crippen LogP contribution in [0, 0.1) is 10.1 Å². The quantitative estimate of drug-likeness (QED) is 0.461. The van der Waals surface area contributed by atoms with Crippen molar-refractivity contribution in [3.63, 3.8) is 0 Å². The molecule has 7 heteroatoms. The SMILES string of the molecule is CNc1nc2ccccc2n2c(-c3cccc([N+](=O)[O-])c3)cnc12. The zero-order valence-corrected chi connectivity index (χ0v) is 12.8. The van der Waals surface area contributed by atoms with Gasteiger partial charge in [-0.15, -0.1) is 0 Å². The van der Waals surface area contributed by atoms with Crippen molar-refractivity contribution in [1.82, 2.24) is 14.4 Å². The van der Waals surface area contributed by atoms with E-state index in [9.17, 15) is 10.1 Å². The van der Waals surface area contributed by atoms with Gasteiger partial charge in [-0.25, -0.2) is 9.97 Å². The van der Waals surface area contributed by atoms with E-state index in [4.69, 9.17) is 0 Å². The lowest BCUT2D eigenvalue weighted by Gasteiger charge is -2.09. The van der Waals surface area contributed by atoms with Gasteiger partial charge in [0.1, 0.15) is 0 Å². The molecule has 4 aromatic rings. The van der Waals surface area contributed by atoms with Gasteiger partial charge in [0.15, 0.2) is 11.5 Å². The van der Waals surface area contributed by atoms with Crippen LogP contribution in [0.3, 0.4) is 0 Å². The maximum atomic E-state index is 11.1. The van der Waals surface area contributed by atoms with Crippen LogP contribution in [-0.2, 0) is 0 Å². The van der Waals surface area contributed by atoms with Crippen LogP contribution in [0.1, 0.15) is 0 Å². The molecule has 0 spiro atoms. The van der Waals surface area contributed by atoms with Gasteiger partial charge in [0.2, 0.25) is 0 Å². The summed E-state index contributed by atoms with van der Waals surface area (Å²) >= 11 is 0. The van der Waals surface area contributed by atoms with Gasteiger partial charge < -0.3 is 5.32 Å². The molecule has 0 unspecified atom stereocenters. The van der Waals surface area contributed by atoms with E-state index in [-0.39, 0.29) is 5.69 Å². The highest BCUT2D eigenvalue weighted by Gasteiger charge is 2.15. The van der Waals surface area contributed by atoms with Crippen molar-refractivity contribution in [1.29, 1.82) is 0 Å². The predicted octanol–water partition coefficient (Wildman–Crippen LogP) is 3.50. The van der Waals surface area contributed by atoms with E-state index in [0.717, 1.165) is 22.3 Å². The van der Waals surface area contributed by atoms with Crippen LogP contribution < -0.4 is 5.32 Å². The van der Waals surface area contributed by atoms with E-state index in [1.807, 2.05) is 34.7 Å². The summed E-state index contributed by atoms with van der Waals surface area (Å²) in [7, 11) is 1.79. The highest BCUT2D eigenvalue weighted by molar-refractivity contribution is 5.86. The number of nitro benzene ring substituents is 1. The van der Waals surface area contributed by atoms with E-state index in [0.29, 0.717) is 11.5 Å². The number of benzene rings is 2. The van der Waals surface area contributed by atoms with E-state index < -0.39 is 4.92 Å². The molecule has 2 aromatic heterocycles. The number of rotatable bonds is 3. The Balaban J connectivity index is 2.08. The highest BCUT2D eigenvalue weighted by atomic mass is 16.6. The molecule has 4 rings (SSSR count). The molecule has 0 aliphatic heterocycles. The summed E-state index contributed by atoms with van der Waals surface area (Å²) in [4.78, 5) is 19.7. The van der Waals surface area contributed by atoms with Crippen molar-refractivity contribution in [3.05, 3.63) is 64.8 Å². The first-order valence-corrected chi connectivity index (χ1v) is 7.38. The molecule has 7 nitrogen and oxygen atoms in total. The average Bonchev–Trinajstić information content (AvgIpc) is 3.06. The summed E-state index contributed by atoms with van der Waals surface area (Å²) in [6, 6.07) is 14.3. The van der Waals surface area contributed by atoms with Crippen molar-refractivity contribution in [3.8, 4) is 11.3 Å². The van der Waals surface area contributed by atoms with Gasteiger partial charge in [-0.3, -0.25) is 14.5 Å². The van der Waals surface area contributed by atoms with Gasteiger partial charge in [-0.2, -0.15) is 0 Å². The lowest BCUT2D eigenvalue weighted by Crippen LogP contribution is -2.00. The van der Waals surface area contributed by atoms with Crippen molar-refractivity contribution in [2.24, 2.45) is 0 Å². The zero-order valence-electron chi connectivity index (χ0n) is 12.8. The predicted molar refractivity (Wildman–Crippen MR) is 92.1 cm³/mol. The Hall–Kier alpha value is -3.48. The summed E-state index contributed by atoms with van der Waals surface area (Å²) in [5, 5.41) is 14.1. The molecule has 0 bridgehead atoms. The first-order valence-electron chi connectivity index (χ1n) is 7.38. The maximum absolute atomic E-state index is 11.1. The molecule has 118 valence electrons. The lowest BCUT2D eigenvalue weighted by atomic mass is 10.1. The Morgan fingerprint density at radius 2 is 2.00 bits per heavy atom. The molecule has 0 saturated carbocycles. The third-order valence-electron chi connectivity index (χ3n) is 3.92. The molecule has 0 fully saturated rings. The topological polar surface area (TPSA) is 85.4 Å². The Bertz CT molecular complexity index is 1090. The molecule has 0 aliphatic rings. The second kappa shape index (κ2) is 5.31. The maximum Gasteiger partial charge on any atom is 0.270 e. The van der Waals surface area contributed by atoms with Crippen LogP contribution in [-0.4, -0.2) is 26.3 Å². The van der Waals surface area contributed by atoms with Crippen LogP contribution in [0.5, 0.6) is 0 Å². The molecular weight excluding hydrogens is 306 g/mol. The average molecular weight is 319 g/mol. The zero-order chi connectivity index (χ0) is 16.7. The number of hydrogen-bond acceptors (Lipinski definition) is 5. The summed E-state index contributed by atoms with van der Waals surface area (Å²) in [6.45, 7) is 0. The smallest absolute Gasteiger partial charge is 0.270 e. The number of imidazole rings is 1. The molecule has 1 N–H and O–H groups in total. The fourth-order valence-corrected chi connectivity index (χ4v) is 2.83. The van der Waals surface area contributed by atoms with Crippen molar-refractivity contribution < 1.29 is 4.92 Å².